The molecule has 11 nitrogen and oxygen atoms in total. The van der Waals surface area contributed by atoms with Crippen molar-refractivity contribution in [2.75, 3.05) is 26.4 Å². The van der Waals surface area contributed by atoms with Crippen LogP contribution in [-0.4, -0.2) is 66.5 Å². The summed E-state index contributed by atoms with van der Waals surface area (Å²) in [7, 11) is -4.78. The predicted molar refractivity (Wildman–Crippen MR) is 307 cm³/mol. The van der Waals surface area contributed by atoms with E-state index < -0.39 is 57.8 Å². The summed E-state index contributed by atoms with van der Waals surface area (Å²) >= 11 is 0. The second kappa shape index (κ2) is 55.4. The minimum absolute atomic E-state index is 0.0801. The number of carbonyl (C=O) groups excluding carboxylic acids is 3. The van der Waals surface area contributed by atoms with Crippen LogP contribution >= 0.6 is 7.82 Å². The van der Waals surface area contributed by atoms with E-state index in [1.54, 1.807) is 0 Å². The molecule has 0 aromatic rings. The van der Waals surface area contributed by atoms with Gasteiger partial charge in [0.25, 0.3) is 0 Å². The van der Waals surface area contributed by atoms with Crippen molar-refractivity contribution in [1.29, 1.82) is 0 Å². The topological polar surface area (TPSA) is 155 Å². The number of allylic oxidation sites excluding steroid dienone is 18. The van der Waals surface area contributed by atoms with Gasteiger partial charge in [0.2, 0.25) is 0 Å². The minimum atomic E-state index is -4.78. The van der Waals surface area contributed by atoms with Crippen LogP contribution in [0.5, 0.6) is 0 Å². The number of unbranched alkanes of at least 4 members (excludes halogenated alkanes) is 17. The summed E-state index contributed by atoms with van der Waals surface area (Å²) in [4.78, 5) is 48.5. The highest BCUT2D eigenvalue weighted by molar-refractivity contribution is 7.47. The SMILES string of the molecule is CC/C=C\C/C=C\C/C=C\C/C=C\C/C=C\CCCC(=O)OC(COC(=O)CCCCCCC/C=C\C/C=C\CCCCC)COP(=O)(O)OCC(CO)OC(=O)CCCCCCC/C=C\C/C=C\CCCCC. The first-order valence-electron chi connectivity index (χ1n) is 28.8. The summed E-state index contributed by atoms with van der Waals surface area (Å²) < 4.78 is 39.4. The van der Waals surface area contributed by atoms with Crippen molar-refractivity contribution in [2.45, 2.75) is 238 Å². The standard InChI is InChI=1S/C62H103O11P/c1-4-7-10-13-16-19-22-25-28-29-32-35-38-41-44-47-50-53-62(66)73-59(55-69-60(64)51-48-45-42-39-36-33-30-26-23-20-17-14-11-8-5-2)57-71-74(67,68)70-56-58(54-63)72-61(65)52-49-46-43-40-37-34-31-27-24-21-18-15-12-9-6-3/h7,10,16-21,25-28,30-32,35,41,44,58-59,63H,4-6,8-9,11-15,22-24,29,33-34,36-40,42-43,45-57H2,1-3H3,(H,67,68)/b10-7-,19-16-,20-17-,21-18-,28-25-,30-26-,31-27-,35-32-,44-41-. The number of hydrogen-bond donors (Lipinski definition) is 2. The fraction of sp³-hybridized carbons (Fsp3) is 0.661. The predicted octanol–water partition coefficient (Wildman–Crippen LogP) is 17.0. The average molecular weight is 1060 g/mol. The van der Waals surface area contributed by atoms with Gasteiger partial charge in [-0.2, -0.15) is 0 Å². The Bertz CT molecular complexity index is 1660. The molecule has 0 heterocycles. The zero-order valence-electron chi connectivity index (χ0n) is 46.5. The highest BCUT2D eigenvalue weighted by atomic mass is 31.2. The van der Waals surface area contributed by atoms with Crippen LogP contribution in [0.15, 0.2) is 109 Å². The third-order valence-electron chi connectivity index (χ3n) is 11.6. The fourth-order valence-corrected chi connectivity index (χ4v) is 8.06. The quantitative estimate of drug-likeness (QED) is 0.0197. The lowest BCUT2D eigenvalue weighted by molar-refractivity contribution is -0.161. The maximum atomic E-state index is 12.9. The highest BCUT2D eigenvalue weighted by Crippen LogP contribution is 2.43. The minimum Gasteiger partial charge on any atom is -0.462 e. The van der Waals surface area contributed by atoms with Gasteiger partial charge in [-0.3, -0.25) is 23.4 Å². The maximum absolute atomic E-state index is 12.9. The molecule has 0 aromatic carbocycles. The molecule has 0 bridgehead atoms. The van der Waals surface area contributed by atoms with Crippen LogP contribution in [0.4, 0.5) is 0 Å². The Balaban J connectivity index is 4.86. The first-order chi connectivity index (χ1) is 36.2. The molecule has 0 amide bonds. The van der Waals surface area contributed by atoms with Gasteiger partial charge in [-0.05, 0) is 122 Å². The summed E-state index contributed by atoms with van der Waals surface area (Å²) in [6.45, 7) is 4.37. The summed E-state index contributed by atoms with van der Waals surface area (Å²) in [5.41, 5.74) is 0. The average Bonchev–Trinajstić information content (AvgIpc) is 3.39. The van der Waals surface area contributed by atoms with Crippen molar-refractivity contribution in [1.82, 2.24) is 0 Å². The second-order valence-corrected chi connectivity index (χ2v) is 20.2. The first-order valence-corrected chi connectivity index (χ1v) is 30.3. The molecule has 0 aliphatic carbocycles. The van der Waals surface area contributed by atoms with Gasteiger partial charge in [0.1, 0.15) is 12.7 Å². The summed E-state index contributed by atoms with van der Waals surface area (Å²) in [5, 5.41) is 9.81. The smallest absolute Gasteiger partial charge is 0.462 e. The van der Waals surface area contributed by atoms with Crippen molar-refractivity contribution in [3.63, 3.8) is 0 Å². The van der Waals surface area contributed by atoms with Gasteiger partial charge in [-0.25, -0.2) is 4.57 Å². The van der Waals surface area contributed by atoms with Crippen LogP contribution in [0, 0.1) is 0 Å². The molecule has 3 atom stereocenters. The lowest BCUT2D eigenvalue weighted by atomic mass is 10.1. The second-order valence-electron chi connectivity index (χ2n) is 18.7. The van der Waals surface area contributed by atoms with Crippen molar-refractivity contribution in [2.24, 2.45) is 0 Å². The van der Waals surface area contributed by atoms with Crippen LogP contribution in [-0.2, 0) is 42.2 Å². The number of phosphoric ester groups is 1. The molecule has 12 heteroatoms. The van der Waals surface area contributed by atoms with Gasteiger partial charge in [0.15, 0.2) is 6.10 Å². The molecule has 3 unspecified atom stereocenters. The number of aliphatic hydroxyl groups is 1. The van der Waals surface area contributed by atoms with Gasteiger partial charge in [0.05, 0.1) is 19.8 Å². The zero-order chi connectivity index (χ0) is 54.1. The van der Waals surface area contributed by atoms with Crippen LogP contribution in [0.1, 0.15) is 226 Å². The molecule has 0 spiro atoms. The number of phosphoric acid groups is 1. The van der Waals surface area contributed by atoms with Gasteiger partial charge >= 0.3 is 25.7 Å². The summed E-state index contributed by atoms with van der Waals surface area (Å²) in [5.74, 6) is -1.58. The van der Waals surface area contributed by atoms with E-state index in [9.17, 15) is 28.9 Å². The Morgan fingerprint density at radius 3 is 1.14 bits per heavy atom. The lowest BCUT2D eigenvalue weighted by Gasteiger charge is -2.21. The van der Waals surface area contributed by atoms with E-state index in [4.69, 9.17) is 23.3 Å². The molecule has 0 aromatic heterocycles. The van der Waals surface area contributed by atoms with Crippen LogP contribution < -0.4 is 0 Å². The maximum Gasteiger partial charge on any atom is 0.472 e. The highest BCUT2D eigenvalue weighted by Gasteiger charge is 2.28. The number of hydrogen-bond acceptors (Lipinski definition) is 10. The lowest BCUT2D eigenvalue weighted by Crippen LogP contribution is -2.30. The van der Waals surface area contributed by atoms with Crippen molar-refractivity contribution in [3.05, 3.63) is 109 Å². The number of ether oxygens (including phenoxy) is 3. The van der Waals surface area contributed by atoms with E-state index >= 15 is 0 Å². The van der Waals surface area contributed by atoms with E-state index in [0.29, 0.717) is 25.7 Å². The summed E-state index contributed by atoms with van der Waals surface area (Å²) in [6, 6.07) is 0. The van der Waals surface area contributed by atoms with E-state index in [-0.39, 0.29) is 25.9 Å². The molecule has 0 saturated heterocycles. The normalized spacial score (nSPS) is 14.2. The Morgan fingerprint density at radius 1 is 0.392 bits per heavy atom. The number of esters is 3. The van der Waals surface area contributed by atoms with Crippen LogP contribution in [0.3, 0.4) is 0 Å². The van der Waals surface area contributed by atoms with E-state index in [2.05, 4.69) is 118 Å². The number of carbonyl (C=O) groups is 3. The van der Waals surface area contributed by atoms with Crippen LogP contribution in [0.2, 0.25) is 0 Å². The summed E-state index contributed by atoms with van der Waals surface area (Å²) in [6.07, 6.45) is 66.2. The molecule has 0 rings (SSSR count). The Labute approximate surface area is 450 Å². The molecule has 0 fully saturated rings. The molecular weight excluding hydrogens is 952 g/mol. The first kappa shape index (κ1) is 70.1. The molecule has 0 aliphatic heterocycles. The van der Waals surface area contributed by atoms with Crippen molar-refractivity contribution < 1.29 is 52.2 Å². The molecular formula is C62H103O11P. The third-order valence-corrected chi connectivity index (χ3v) is 12.6. The zero-order valence-corrected chi connectivity index (χ0v) is 47.4. The number of aliphatic hydroxyl groups excluding tert-OH is 1. The molecule has 0 radical (unpaired) electrons. The van der Waals surface area contributed by atoms with Gasteiger partial charge in [0, 0.05) is 19.3 Å². The van der Waals surface area contributed by atoms with Crippen LogP contribution in [0.25, 0.3) is 0 Å². The molecule has 0 saturated carbocycles. The Hall–Kier alpha value is -3.86. The van der Waals surface area contributed by atoms with Crippen molar-refractivity contribution in [3.8, 4) is 0 Å². The Morgan fingerprint density at radius 2 is 0.716 bits per heavy atom. The Kier molecular flexibility index (Phi) is 52.5. The molecule has 2 N–H and O–H groups in total. The van der Waals surface area contributed by atoms with E-state index in [0.717, 1.165) is 122 Å². The molecule has 0 aliphatic rings. The largest absolute Gasteiger partial charge is 0.472 e. The van der Waals surface area contributed by atoms with Gasteiger partial charge in [-0.1, -0.05) is 194 Å². The molecule has 74 heavy (non-hydrogen) atoms. The van der Waals surface area contributed by atoms with Gasteiger partial charge < -0.3 is 24.2 Å². The third kappa shape index (κ3) is 53.0. The fourth-order valence-electron chi connectivity index (χ4n) is 7.27. The van der Waals surface area contributed by atoms with Gasteiger partial charge in [-0.15, -0.1) is 0 Å². The number of rotatable bonds is 52. The molecule has 422 valence electrons. The monoisotopic (exact) mass is 1050 g/mol. The van der Waals surface area contributed by atoms with Crippen molar-refractivity contribution >= 4 is 25.7 Å². The van der Waals surface area contributed by atoms with E-state index in [1.165, 1.54) is 38.5 Å². The van der Waals surface area contributed by atoms with E-state index in [1.807, 2.05) is 12.2 Å².